The molecule has 17 heavy (non-hydrogen) atoms. The minimum absolute atomic E-state index is 0.261. The minimum Gasteiger partial charge on any atom is -0.396 e. The largest absolute Gasteiger partial charge is 0.396 e. The van der Waals surface area contributed by atoms with Gasteiger partial charge < -0.3 is 15.2 Å². The van der Waals surface area contributed by atoms with Crippen molar-refractivity contribution in [1.82, 2.24) is 10.2 Å². The molecule has 0 spiro atoms. The van der Waals surface area contributed by atoms with Crippen LogP contribution in [-0.2, 0) is 4.74 Å². The topological polar surface area (TPSA) is 44.7 Å². The number of morpholine rings is 1. The van der Waals surface area contributed by atoms with E-state index in [-0.39, 0.29) is 6.61 Å². The predicted molar refractivity (Wildman–Crippen MR) is 70.2 cm³/mol. The molecule has 1 aliphatic rings. The van der Waals surface area contributed by atoms with E-state index in [0.717, 1.165) is 39.0 Å². The van der Waals surface area contributed by atoms with Crippen LogP contribution in [0, 0.1) is 0 Å². The lowest BCUT2D eigenvalue weighted by Crippen LogP contribution is -2.50. The fourth-order valence-electron chi connectivity index (χ4n) is 2.51. The van der Waals surface area contributed by atoms with E-state index in [1.807, 2.05) is 0 Å². The van der Waals surface area contributed by atoms with Gasteiger partial charge >= 0.3 is 0 Å². The summed E-state index contributed by atoms with van der Waals surface area (Å²) in [6.07, 6.45) is 2.61. The first-order chi connectivity index (χ1) is 8.15. The Bertz CT molecular complexity index is 192. The molecule has 1 aliphatic heterocycles. The Morgan fingerprint density at radius 1 is 1.35 bits per heavy atom. The summed E-state index contributed by atoms with van der Waals surface area (Å²) in [6, 6.07) is 0.400. The van der Waals surface area contributed by atoms with Gasteiger partial charge in [0.15, 0.2) is 0 Å². The Labute approximate surface area is 105 Å². The van der Waals surface area contributed by atoms with Crippen LogP contribution in [-0.4, -0.2) is 61.0 Å². The van der Waals surface area contributed by atoms with E-state index in [1.54, 1.807) is 0 Å². The van der Waals surface area contributed by atoms with Crippen LogP contribution >= 0.6 is 0 Å². The SMILES string of the molecule is CCCNC(CCO)CN1C[C@@H](C)O[C@@H](C)C1. The van der Waals surface area contributed by atoms with Crippen LogP contribution in [0.4, 0.5) is 0 Å². The molecule has 1 rings (SSSR count). The summed E-state index contributed by atoms with van der Waals surface area (Å²) >= 11 is 0. The maximum absolute atomic E-state index is 9.09. The monoisotopic (exact) mass is 244 g/mol. The number of aliphatic hydroxyl groups is 1. The summed E-state index contributed by atoms with van der Waals surface area (Å²) in [5.74, 6) is 0. The number of aliphatic hydroxyl groups excluding tert-OH is 1. The van der Waals surface area contributed by atoms with E-state index in [9.17, 15) is 0 Å². The first-order valence-electron chi connectivity index (χ1n) is 6.87. The van der Waals surface area contributed by atoms with Crippen molar-refractivity contribution >= 4 is 0 Å². The van der Waals surface area contributed by atoms with Crippen LogP contribution in [0.3, 0.4) is 0 Å². The van der Waals surface area contributed by atoms with Crippen LogP contribution in [0.25, 0.3) is 0 Å². The highest BCUT2D eigenvalue weighted by Crippen LogP contribution is 2.11. The average molecular weight is 244 g/mol. The quantitative estimate of drug-likeness (QED) is 0.697. The third-order valence-corrected chi connectivity index (χ3v) is 3.13. The molecule has 4 heteroatoms. The summed E-state index contributed by atoms with van der Waals surface area (Å²) in [7, 11) is 0. The molecular weight excluding hydrogens is 216 g/mol. The van der Waals surface area contributed by atoms with Crippen molar-refractivity contribution in [2.24, 2.45) is 0 Å². The van der Waals surface area contributed by atoms with Crippen molar-refractivity contribution in [3.05, 3.63) is 0 Å². The minimum atomic E-state index is 0.261. The van der Waals surface area contributed by atoms with Gasteiger partial charge in [0.25, 0.3) is 0 Å². The summed E-state index contributed by atoms with van der Waals surface area (Å²) in [5.41, 5.74) is 0. The fourth-order valence-corrected chi connectivity index (χ4v) is 2.51. The number of ether oxygens (including phenoxy) is 1. The zero-order chi connectivity index (χ0) is 12.7. The van der Waals surface area contributed by atoms with Crippen LogP contribution in [0.5, 0.6) is 0 Å². The van der Waals surface area contributed by atoms with E-state index in [1.165, 1.54) is 0 Å². The molecule has 1 fully saturated rings. The highest BCUT2D eigenvalue weighted by molar-refractivity contribution is 4.78. The van der Waals surface area contributed by atoms with Gasteiger partial charge in [-0.1, -0.05) is 6.92 Å². The molecule has 0 aromatic carbocycles. The lowest BCUT2D eigenvalue weighted by molar-refractivity contribution is -0.0702. The molecule has 4 nitrogen and oxygen atoms in total. The molecule has 0 amide bonds. The molecule has 3 atom stereocenters. The zero-order valence-electron chi connectivity index (χ0n) is 11.5. The molecule has 0 saturated carbocycles. The highest BCUT2D eigenvalue weighted by Gasteiger charge is 2.23. The maximum Gasteiger partial charge on any atom is 0.0678 e. The average Bonchev–Trinajstić information content (AvgIpc) is 2.24. The molecule has 102 valence electrons. The number of rotatable bonds is 7. The van der Waals surface area contributed by atoms with E-state index in [2.05, 4.69) is 31.0 Å². The van der Waals surface area contributed by atoms with E-state index in [0.29, 0.717) is 18.2 Å². The Kier molecular flexibility index (Phi) is 7.04. The normalized spacial score (nSPS) is 28.2. The van der Waals surface area contributed by atoms with Crippen LogP contribution in [0.15, 0.2) is 0 Å². The molecule has 1 saturated heterocycles. The van der Waals surface area contributed by atoms with Crippen molar-refractivity contribution in [1.29, 1.82) is 0 Å². The molecule has 1 heterocycles. The van der Waals surface area contributed by atoms with Crippen molar-refractivity contribution in [2.45, 2.75) is 51.9 Å². The standard InChI is InChI=1S/C13H28N2O2/c1-4-6-14-13(5-7-16)10-15-8-11(2)17-12(3)9-15/h11-14,16H,4-10H2,1-3H3/t11-,12+,13?. The highest BCUT2D eigenvalue weighted by atomic mass is 16.5. The van der Waals surface area contributed by atoms with Gasteiger partial charge in [-0.15, -0.1) is 0 Å². The summed E-state index contributed by atoms with van der Waals surface area (Å²) in [5, 5.41) is 12.6. The van der Waals surface area contributed by atoms with Crippen molar-refractivity contribution in [3.8, 4) is 0 Å². The second-order valence-electron chi connectivity index (χ2n) is 5.14. The molecular formula is C13H28N2O2. The zero-order valence-corrected chi connectivity index (χ0v) is 11.5. The van der Waals surface area contributed by atoms with Gasteiger partial charge in [0.1, 0.15) is 0 Å². The second kappa shape index (κ2) is 8.03. The molecule has 1 unspecified atom stereocenters. The van der Waals surface area contributed by atoms with Gasteiger partial charge in [-0.25, -0.2) is 0 Å². The molecule has 0 aliphatic carbocycles. The van der Waals surface area contributed by atoms with Crippen molar-refractivity contribution < 1.29 is 9.84 Å². The molecule has 0 aromatic rings. The maximum atomic E-state index is 9.09. The van der Waals surface area contributed by atoms with Gasteiger partial charge in [0.2, 0.25) is 0 Å². The first-order valence-corrected chi connectivity index (χ1v) is 6.87. The summed E-state index contributed by atoms with van der Waals surface area (Å²) in [6.45, 7) is 10.7. The Balaban J connectivity index is 2.36. The van der Waals surface area contributed by atoms with Gasteiger partial charge in [-0.3, -0.25) is 4.90 Å². The smallest absolute Gasteiger partial charge is 0.0678 e. The first kappa shape index (κ1) is 14.9. The van der Waals surface area contributed by atoms with Gasteiger partial charge in [-0.05, 0) is 33.2 Å². The molecule has 0 aromatic heterocycles. The Morgan fingerprint density at radius 3 is 2.53 bits per heavy atom. The van der Waals surface area contributed by atoms with Gasteiger partial charge in [-0.2, -0.15) is 0 Å². The van der Waals surface area contributed by atoms with Crippen LogP contribution in [0.2, 0.25) is 0 Å². The van der Waals surface area contributed by atoms with Crippen LogP contribution in [0.1, 0.15) is 33.6 Å². The van der Waals surface area contributed by atoms with Gasteiger partial charge in [0.05, 0.1) is 12.2 Å². The number of hydrogen-bond acceptors (Lipinski definition) is 4. The van der Waals surface area contributed by atoms with Crippen LogP contribution < -0.4 is 5.32 Å². The van der Waals surface area contributed by atoms with E-state index >= 15 is 0 Å². The third-order valence-electron chi connectivity index (χ3n) is 3.13. The number of nitrogens with zero attached hydrogens (tertiary/aromatic N) is 1. The fraction of sp³-hybridized carbons (Fsp3) is 1.00. The van der Waals surface area contributed by atoms with E-state index < -0.39 is 0 Å². The molecule has 0 bridgehead atoms. The summed E-state index contributed by atoms with van der Waals surface area (Å²) < 4.78 is 5.73. The lowest BCUT2D eigenvalue weighted by Gasteiger charge is -2.37. The second-order valence-corrected chi connectivity index (χ2v) is 5.14. The molecule has 2 N–H and O–H groups in total. The van der Waals surface area contributed by atoms with Crippen molar-refractivity contribution in [3.63, 3.8) is 0 Å². The lowest BCUT2D eigenvalue weighted by atomic mass is 10.1. The van der Waals surface area contributed by atoms with E-state index in [4.69, 9.17) is 9.84 Å². The summed E-state index contributed by atoms with van der Waals surface area (Å²) in [4.78, 5) is 2.45. The van der Waals surface area contributed by atoms with Gasteiger partial charge in [0, 0.05) is 32.3 Å². The predicted octanol–water partition coefficient (Wildman–Crippen LogP) is 0.846. The third kappa shape index (κ3) is 5.82. The van der Waals surface area contributed by atoms with Crippen molar-refractivity contribution in [2.75, 3.05) is 32.8 Å². The Hall–Kier alpha value is -0.160. The number of nitrogens with one attached hydrogen (secondary N) is 1. The number of hydrogen-bond donors (Lipinski definition) is 2. The Morgan fingerprint density at radius 2 is 2.00 bits per heavy atom. The molecule has 0 radical (unpaired) electrons.